The van der Waals surface area contributed by atoms with E-state index >= 15 is 0 Å². The summed E-state index contributed by atoms with van der Waals surface area (Å²) >= 11 is 1.44. The molecule has 6 nitrogen and oxygen atoms in total. The average Bonchev–Trinajstić information content (AvgIpc) is 3.30. The number of carbonyl (C=O) groups excluding carboxylic acids is 3. The Morgan fingerprint density at radius 1 is 1.11 bits per heavy atom. The lowest BCUT2D eigenvalue weighted by molar-refractivity contribution is -0.113. The number of fused-ring (bicyclic) bond motifs is 1. The number of benzene rings is 2. The number of hydrogen-bond acceptors (Lipinski definition) is 5. The Bertz CT molecular complexity index is 910. The van der Waals surface area contributed by atoms with Gasteiger partial charge in [-0.3, -0.25) is 19.3 Å². The van der Waals surface area contributed by atoms with E-state index < -0.39 is 0 Å². The van der Waals surface area contributed by atoms with Gasteiger partial charge in [0, 0.05) is 17.2 Å². The quantitative estimate of drug-likeness (QED) is 0.600. The van der Waals surface area contributed by atoms with Crippen molar-refractivity contribution in [3.05, 3.63) is 59.7 Å². The van der Waals surface area contributed by atoms with Crippen LogP contribution in [0.5, 0.6) is 0 Å². The first-order valence-corrected chi connectivity index (χ1v) is 10.2. The van der Waals surface area contributed by atoms with Gasteiger partial charge in [-0.15, -0.1) is 11.8 Å². The Kier molecular flexibility index (Phi) is 5.45. The molecule has 0 bridgehead atoms. The van der Waals surface area contributed by atoms with Crippen LogP contribution in [0.2, 0.25) is 0 Å². The van der Waals surface area contributed by atoms with Gasteiger partial charge in [0.05, 0.1) is 29.5 Å². The second kappa shape index (κ2) is 8.16. The molecular formula is C21H20N2O4S. The average molecular weight is 396 g/mol. The Morgan fingerprint density at radius 3 is 2.64 bits per heavy atom. The molecule has 28 heavy (non-hydrogen) atoms. The SMILES string of the molecule is O=C(CSc1ccccc1)Nc1ccc2c(c1)C(=O)N(CC1CCCO1)C2=O. The van der Waals surface area contributed by atoms with Crippen molar-refractivity contribution in [2.24, 2.45) is 0 Å². The van der Waals surface area contributed by atoms with E-state index in [-0.39, 0.29) is 36.1 Å². The fraction of sp³-hybridized carbons (Fsp3) is 0.286. The maximum Gasteiger partial charge on any atom is 0.261 e. The van der Waals surface area contributed by atoms with Crippen LogP contribution in [0.1, 0.15) is 33.6 Å². The van der Waals surface area contributed by atoms with Crippen LogP contribution >= 0.6 is 11.8 Å². The molecule has 3 amide bonds. The first-order valence-electron chi connectivity index (χ1n) is 9.21. The minimum Gasteiger partial charge on any atom is -0.376 e. The maximum atomic E-state index is 12.7. The molecule has 2 aliphatic heterocycles. The molecule has 1 N–H and O–H groups in total. The van der Waals surface area contributed by atoms with E-state index in [1.165, 1.54) is 16.7 Å². The van der Waals surface area contributed by atoms with Crippen molar-refractivity contribution < 1.29 is 19.1 Å². The van der Waals surface area contributed by atoms with Gasteiger partial charge in [-0.1, -0.05) is 18.2 Å². The lowest BCUT2D eigenvalue weighted by Gasteiger charge is -2.17. The van der Waals surface area contributed by atoms with E-state index in [0.29, 0.717) is 23.4 Å². The normalized spacial score (nSPS) is 18.4. The molecule has 0 radical (unpaired) electrons. The van der Waals surface area contributed by atoms with Crippen LogP contribution in [0.25, 0.3) is 0 Å². The third-order valence-electron chi connectivity index (χ3n) is 4.78. The zero-order valence-electron chi connectivity index (χ0n) is 15.2. The summed E-state index contributed by atoms with van der Waals surface area (Å²) in [5.74, 6) is -0.529. The number of amides is 3. The van der Waals surface area contributed by atoms with Crippen LogP contribution in [-0.2, 0) is 9.53 Å². The lowest BCUT2D eigenvalue weighted by Crippen LogP contribution is -2.36. The van der Waals surface area contributed by atoms with E-state index in [4.69, 9.17) is 4.74 Å². The Labute approximate surface area is 167 Å². The zero-order chi connectivity index (χ0) is 19.5. The number of rotatable bonds is 6. The molecule has 2 aromatic carbocycles. The van der Waals surface area contributed by atoms with Gasteiger partial charge in [0.1, 0.15) is 0 Å². The highest BCUT2D eigenvalue weighted by molar-refractivity contribution is 8.00. The minimum absolute atomic E-state index is 0.0867. The Hall–Kier alpha value is -2.64. The second-order valence-corrected chi connectivity index (χ2v) is 7.81. The molecule has 1 fully saturated rings. The minimum atomic E-state index is -0.328. The molecule has 0 aliphatic carbocycles. The summed E-state index contributed by atoms with van der Waals surface area (Å²) in [6.45, 7) is 0.951. The van der Waals surface area contributed by atoms with Crippen molar-refractivity contribution in [2.45, 2.75) is 23.8 Å². The van der Waals surface area contributed by atoms with Gasteiger partial charge < -0.3 is 10.1 Å². The van der Waals surface area contributed by atoms with E-state index in [2.05, 4.69) is 5.32 Å². The van der Waals surface area contributed by atoms with Crippen LogP contribution in [-0.4, -0.2) is 47.6 Å². The van der Waals surface area contributed by atoms with Gasteiger partial charge in [0.2, 0.25) is 5.91 Å². The first-order chi connectivity index (χ1) is 13.6. The number of ether oxygens (including phenoxy) is 1. The number of carbonyl (C=O) groups is 3. The topological polar surface area (TPSA) is 75.7 Å². The fourth-order valence-electron chi connectivity index (χ4n) is 3.39. The summed E-state index contributed by atoms with van der Waals surface area (Å²) in [5, 5.41) is 2.80. The van der Waals surface area contributed by atoms with E-state index in [1.54, 1.807) is 18.2 Å². The summed E-state index contributed by atoms with van der Waals surface area (Å²) in [5.41, 5.74) is 1.22. The van der Waals surface area contributed by atoms with Gasteiger partial charge >= 0.3 is 0 Å². The first kappa shape index (κ1) is 18.7. The molecule has 0 aromatic heterocycles. The third kappa shape index (κ3) is 3.95. The van der Waals surface area contributed by atoms with Crippen molar-refractivity contribution in [3.63, 3.8) is 0 Å². The molecular weight excluding hydrogens is 376 g/mol. The summed E-state index contributed by atoms with van der Waals surface area (Å²) in [4.78, 5) is 39.7. The van der Waals surface area contributed by atoms with Crippen molar-refractivity contribution in [3.8, 4) is 0 Å². The molecule has 0 saturated carbocycles. The van der Waals surface area contributed by atoms with Crippen LogP contribution in [0.3, 0.4) is 0 Å². The monoisotopic (exact) mass is 396 g/mol. The van der Waals surface area contributed by atoms with Crippen LogP contribution in [0.15, 0.2) is 53.4 Å². The number of nitrogens with one attached hydrogen (secondary N) is 1. The standard InChI is InChI=1S/C21H20N2O4S/c24-19(13-28-16-6-2-1-3-7-16)22-14-8-9-17-18(11-14)21(26)23(20(17)25)12-15-5-4-10-27-15/h1-3,6-9,11,15H,4-5,10,12-13H2,(H,22,24). The van der Waals surface area contributed by atoms with Crippen LogP contribution in [0, 0.1) is 0 Å². The maximum absolute atomic E-state index is 12.7. The molecule has 4 rings (SSSR count). The van der Waals surface area contributed by atoms with Gasteiger partial charge in [0.15, 0.2) is 0 Å². The number of nitrogens with zero attached hydrogens (tertiary/aromatic N) is 1. The van der Waals surface area contributed by atoms with E-state index in [9.17, 15) is 14.4 Å². The molecule has 2 aliphatic rings. The third-order valence-corrected chi connectivity index (χ3v) is 5.79. The smallest absolute Gasteiger partial charge is 0.261 e. The predicted octanol–water partition coefficient (Wildman–Crippen LogP) is 3.19. The molecule has 144 valence electrons. The summed E-state index contributed by atoms with van der Waals surface area (Å²) in [6, 6.07) is 14.5. The molecule has 1 saturated heterocycles. The van der Waals surface area contributed by atoms with Crippen molar-refractivity contribution >= 4 is 35.2 Å². The van der Waals surface area contributed by atoms with E-state index in [0.717, 1.165) is 17.7 Å². The van der Waals surface area contributed by atoms with Crippen molar-refractivity contribution in [1.82, 2.24) is 4.90 Å². The highest BCUT2D eigenvalue weighted by atomic mass is 32.2. The number of hydrogen-bond donors (Lipinski definition) is 1. The predicted molar refractivity (Wildman–Crippen MR) is 107 cm³/mol. The number of thioether (sulfide) groups is 1. The number of anilines is 1. The Balaban J connectivity index is 1.40. The van der Waals surface area contributed by atoms with Gasteiger partial charge in [0.25, 0.3) is 11.8 Å². The summed E-state index contributed by atoms with van der Waals surface area (Å²) in [6.07, 6.45) is 1.72. The molecule has 1 atom stereocenters. The van der Waals surface area contributed by atoms with Crippen molar-refractivity contribution in [1.29, 1.82) is 0 Å². The molecule has 2 heterocycles. The molecule has 7 heteroatoms. The fourth-order valence-corrected chi connectivity index (χ4v) is 4.11. The van der Waals surface area contributed by atoms with Gasteiger partial charge in [-0.2, -0.15) is 0 Å². The zero-order valence-corrected chi connectivity index (χ0v) is 16.0. The van der Waals surface area contributed by atoms with Gasteiger partial charge in [-0.25, -0.2) is 0 Å². The molecule has 2 aromatic rings. The largest absolute Gasteiger partial charge is 0.376 e. The summed E-state index contributed by atoms with van der Waals surface area (Å²) in [7, 11) is 0. The highest BCUT2D eigenvalue weighted by Crippen LogP contribution is 2.27. The molecule has 0 spiro atoms. The van der Waals surface area contributed by atoms with Crippen LogP contribution < -0.4 is 5.32 Å². The summed E-state index contributed by atoms with van der Waals surface area (Å²) < 4.78 is 5.54. The van der Waals surface area contributed by atoms with E-state index in [1.807, 2.05) is 30.3 Å². The Morgan fingerprint density at radius 2 is 1.89 bits per heavy atom. The highest BCUT2D eigenvalue weighted by Gasteiger charge is 2.37. The van der Waals surface area contributed by atoms with Crippen molar-refractivity contribution in [2.75, 3.05) is 24.2 Å². The molecule has 1 unspecified atom stereocenters. The van der Waals surface area contributed by atoms with Gasteiger partial charge in [-0.05, 0) is 43.2 Å². The number of imide groups is 1. The lowest BCUT2D eigenvalue weighted by atomic mass is 10.1. The second-order valence-electron chi connectivity index (χ2n) is 6.77. The van der Waals surface area contributed by atoms with Crippen LogP contribution in [0.4, 0.5) is 5.69 Å².